The highest BCUT2D eigenvalue weighted by Crippen LogP contribution is 2.36. The number of nitrogen functional groups attached to an aromatic ring is 1. The van der Waals surface area contributed by atoms with Crippen molar-refractivity contribution in [1.29, 1.82) is 0 Å². The van der Waals surface area contributed by atoms with Crippen LogP contribution in [-0.2, 0) is 0 Å². The van der Waals surface area contributed by atoms with E-state index in [4.69, 9.17) is 15.2 Å². The lowest BCUT2D eigenvalue weighted by Crippen LogP contribution is -1.94. The van der Waals surface area contributed by atoms with Crippen LogP contribution >= 0.6 is 11.8 Å². The van der Waals surface area contributed by atoms with E-state index in [2.05, 4.69) is 0 Å². The zero-order valence-corrected chi connectivity index (χ0v) is 11.5. The largest absolute Gasteiger partial charge is 0.497 e. The zero-order chi connectivity index (χ0) is 13.8. The summed E-state index contributed by atoms with van der Waals surface area (Å²) in [5.74, 6) is 0.512. The SMILES string of the molecule is COc1ccc(Sc2cc(OC)c(F)cc2N)cc1. The molecule has 0 saturated heterocycles. The number of methoxy groups -OCH3 is 2. The molecule has 2 aromatic carbocycles. The van der Waals surface area contributed by atoms with Crippen molar-refractivity contribution in [3.05, 3.63) is 42.2 Å². The first-order valence-corrected chi connectivity index (χ1v) is 6.40. The fourth-order valence-corrected chi connectivity index (χ4v) is 2.43. The van der Waals surface area contributed by atoms with Crippen LogP contribution in [0.2, 0.25) is 0 Å². The Balaban J connectivity index is 2.26. The predicted molar refractivity (Wildman–Crippen MR) is 74.5 cm³/mol. The molecule has 0 unspecified atom stereocenters. The van der Waals surface area contributed by atoms with Crippen LogP contribution < -0.4 is 15.2 Å². The molecule has 19 heavy (non-hydrogen) atoms. The van der Waals surface area contributed by atoms with Crippen molar-refractivity contribution in [2.75, 3.05) is 20.0 Å². The van der Waals surface area contributed by atoms with Crippen molar-refractivity contribution >= 4 is 17.4 Å². The summed E-state index contributed by atoms with van der Waals surface area (Å²) in [6, 6.07) is 10.4. The minimum absolute atomic E-state index is 0.185. The third-order valence-electron chi connectivity index (χ3n) is 2.57. The van der Waals surface area contributed by atoms with Gasteiger partial charge in [-0.2, -0.15) is 0 Å². The maximum atomic E-state index is 13.4. The summed E-state index contributed by atoms with van der Waals surface area (Å²) in [4.78, 5) is 1.74. The molecule has 0 aliphatic carbocycles. The molecule has 0 heterocycles. The van der Waals surface area contributed by atoms with Gasteiger partial charge in [0, 0.05) is 21.5 Å². The van der Waals surface area contributed by atoms with E-state index in [9.17, 15) is 4.39 Å². The molecule has 0 radical (unpaired) electrons. The lowest BCUT2D eigenvalue weighted by molar-refractivity contribution is 0.385. The van der Waals surface area contributed by atoms with Gasteiger partial charge in [0.15, 0.2) is 11.6 Å². The van der Waals surface area contributed by atoms with E-state index < -0.39 is 5.82 Å². The molecule has 0 bridgehead atoms. The number of anilines is 1. The zero-order valence-electron chi connectivity index (χ0n) is 10.6. The monoisotopic (exact) mass is 279 g/mol. The molecule has 0 spiro atoms. The number of halogens is 1. The Labute approximate surface area is 115 Å². The van der Waals surface area contributed by atoms with Crippen molar-refractivity contribution in [3.8, 4) is 11.5 Å². The topological polar surface area (TPSA) is 44.5 Å². The summed E-state index contributed by atoms with van der Waals surface area (Å²) >= 11 is 1.44. The van der Waals surface area contributed by atoms with Gasteiger partial charge in [0.2, 0.25) is 0 Å². The second kappa shape index (κ2) is 5.84. The summed E-state index contributed by atoms with van der Waals surface area (Å²) in [5, 5.41) is 0. The molecular weight excluding hydrogens is 265 g/mol. The number of benzene rings is 2. The number of ether oxygens (including phenoxy) is 2. The molecular formula is C14H14FNO2S. The highest BCUT2D eigenvalue weighted by Gasteiger charge is 2.09. The van der Waals surface area contributed by atoms with E-state index in [0.29, 0.717) is 5.69 Å². The summed E-state index contributed by atoms with van der Waals surface area (Å²) in [5.41, 5.74) is 6.20. The normalized spacial score (nSPS) is 10.3. The molecule has 0 amide bonds. The van der Waals surface area contributed by atoms with Gasteiger partial charge >= 0.3 is 0 Å². The second-order valence-electron chi connectivity index (χ2n) is 3.80. The molecule has 2 aromatic rings. The first-order chi connectivity index (χ1) is 9.13. The first-order valence-electron chi connectivity index (χ1n) is 5.59. The lowest BCUT2D eigenvalue weighted by Gasteiger charge is -2.09. The van der Waals surface area contributed by atoms with Crippen molar-refractivity contribution in [2.45, 2.75) is 9.79 Å². The molecule has 3 nitrogen and oxygen atoms in total. The summed E-state index contributed by atoms with van der Waals surface area (Å²) in [7, 11) is 3.04. The molecule has 0 atom stereocenters. The van der Waals surface area contributed by atoms with Crippen LogP contribution in [0.25, 0.3) is 0 Å². The predicted octanol–water partition coefficient (Wildman–Crippen LogP) is 3.58. The average molecular weight is 279 g/mol. The Hall–Kier alpha value is -1.88. The Morgan fingerprint density at radius 2 is 1.74 bits per heavy atom. The van der Waals surface area contributed by atoms with E-state index >= 15 is 0 Å². The summed E-state index contributed by atoms with van der Waals surface area (Å²) in [6.07, 6.45) is 0. The third-order valence-corrected chi connectivity index (χ3v) is 3.65. The third kappa shape index (κ3) is 3.12. The Morgan fingerprint density at radius 3 is 2.32 bits per heavy atom. The van der Waals surface area contributed by atoms with Gasteiger partial charge in [-0.25, -0.2) is 4.39 Å². The van der Waals surface area contributed by atoms with Gasteiger partial charge in [-0.1, -0.05) is 11.8 Å². The van der Waals surface area contributed by atoms with Crippen LogP contribution in [0, 0.1) is 5.82 Å². The standard InChI is InChI=1S/C14H14FNO2S/c1-17-9-3-5-10(6-4-9)19-14-8-13(18-2)11(15)7-12(14)16/h3-8H,16H2,1-2H3. The molecule has 0 aromatic heterocycles. The Bertz CT molecular complexity index is 572. The van der Waals surface area contributed by atoms with Crippen molar-refractivity contribution < 1.29 is 13.9 Å². The van der Waals surface area contributed by atoms with E-state index in [1.54, 1.807) is 13.2 Å². The van der Waals surface area contributed by atoms with Gasteiger partial charge in [0.25, 0.3) is 0 Å². The van der Waals surface area contributed by atoms with Gasteiger partial charge in [0.1, 0.15) is 5.75 Å². The van der Waals surface area contributed by atoms with E-state index in [1.165, 1.54) is 24.9 Å². The van der Waals surface area contributed by atoms with E-state index in [1.807, 2.05) is 24.3 Å². The first kappa shape index (κ1) is 13.5. The molecule has 100 valence electrons. The van der Waals surface area contributed by atoms with Crippen molar-refractivity contribution in [1.82, 2.24) is 0 Å². The number of hydrogen-bond donors (Lipinski definition) is 1. The van der Waals surface area contributed by atoms with E-state index in [0.717, 1.165) is 15.5 Å². The fourth-order valence-electron chi connectivity index (χ4n) is 1.57. The van der Waals surface area contributed by atoms with Gasteiger partial charge in [0.05, 0.1) is 14.2 Å². The Kier molecular flexibility index (Phi) is 4.16. The average Bonchev–Trinajstić information content (AvgIpc) is 2.42. The molecule has 0 aliphatic heterocycles. The Morgan fingerprint density at radius 1 is 1.05 bits per heavy atom. The molecule has 2 N–H and O–H groups in total. The second-order valence-corrected chi connectivity index (χ2v) is 4.92. The van der Waals surface area contributed by atoms with Crippen LogP contribution in [0.15, 0.2) is 46.2 Å². The van der Waals surface area contributed by atoms with Crippen molar-refractivity contribution in [2.24, 2.45) is 0 Å². The number of rotatable bonds is 4. The highest BCUT2D eigenvalue weighted by atomic mass is 32.2. The molecule has 0 fully saturated rings. The van der Waals surface area contributed by atoms with Gasteiger partial charge in [-0.15, -0.1) is 0 Å². The molecule has 0 saturated carbocycles. The smallest absolute Gasteiger partial charge is 0.167 e. The maximum Gasteiger partial charge on any atom is 0.167 e. The number of hydrogen-bond acceptors (Lipinski definition) is 4. The van der Waals surface area contributed by atoms with Gasteiger partial charge in [-0.3, -0.25) is 0 Å². The quantitative estimate of drug-likeness (QED) is 0.869. The maximum absolute atomic E-state index is 13.4. The van der Waals surface area contributed by atoms with Crippen LogP contribution in [0.5, 0.6) is 11.5 Å². The minimum Gasteiger partial charge on any atom is -0.497 e. The molecule has 5 heteroatoms. The van der Waals surface area contributed by atoms with Gasteiger partial charge in [-0.05, 0) is 30.3 Å². The van der Waals surface area contributed by atoms with E-state index in [-0.39, 0.29) is 5.75 Å². The highest BCUT2D eigenvalue weighted by molar-refractivity contribution is 7.99. The van der Waals surface area contributed by atoms with Crippen LogP contribution in [0.4, 0.5) is 10.1 Å². The fraction of sp³-hybridized carbons (Fsp3) is 0.143. The van der Waals surface area contributed by atoms with Crippen molar-refractivity contribution in [3.63, 3.8) is 0 Å². The van der Waals surface area contributed by atoms with Gasteiger partial charge < -0.3 is 15.2 Å². The molecule has 0 aliphatic rings. The molecule has 2 rings (SSSR count). The minimum atomic E-state index is -0.459. The summed E-state index contributed by atoms with van der Waals surface area (Å²) < 4.78 is 23.5. The van der Waals surface area contributed by atoms with Crippen LogP contribution in [-0.4, -0.2) is 14.2 Å². The summed E-state index contributed by atoms with van der Waals surface area (Å²) in [6.45, 7) is 0. The number of nitrogens with two attached hydrogens (primary N) is 1. The lowest BCUT2D eigenvalue weighted by atomic mass is 10.3. The van der Waals surface area contributed by atoms with Crippen LogP contribution in [0.1, 0.15) is 0 Å². The van der Waals surface area contributed by atoms with Crippen LogP contribution in [0.3, 0.4) is 0 Å².